The summed E-state index contributed by atoms with van der Waals surface area (Å²) in [5, 5.41) is 0. The number of hydrogen-bond donors (Lipinski definition) is 0. The SMILES string of the molecule is Fc1ccc(CN2CCCC3(CCN(C4CCSCC4)C3)C2)cc1F. The van der Waals surface area contributed by atoms with Gasteiger partial charge >= 0.3 is 0 Å². The van der Waals surface area contributed by atoms with Crippen molar-refractivity contribution in [3.05, 3.63) is 35.4 Å². The van der Waals surface area contributed by atoms with E-state index in [1.54, 1.807) is 6.07 Å². The molecule has 4 rings (SSSR count). The van der Waals surface area contributed by atoms with Crippen molar-refractivity contribution in [1.82, 2.24) is 9.80 Å². The molecule has 0 aromatic heterocycles. The van der Waals surface area contributed by atoms with E-state index < -0.39 is 11.6 Å². The number of likely N-dealkylation sites (tertiary alicyclic amines) is 2. The van der Waals surface area contributed by atoms with Gasteiger partial charge in [0.25, 0.3) is 0 Å². The Balaban J connectivity index is 1.38. The normalized spacial score (nSPS) is 29.5. The summed E-state index contributed by atoms with van der Waals surface area (Å²) in [5.74, 6) is 1.15. The summed E-state index contributed by atoms with van der Waals surface area (Å²) in [7, 11) is 0. The first-order valence-electron chi connectivity index (χ1n) is 9.62. The Kier molecular flexibility index (Phi) is 5.35. The summed E-state index contributed by atoms with van der Waals surface area (Å²) in [6.07, 6.45) is 6.53. The predicted molar refractivity (Wildman–Crippen MR) is 99.8 cm³/mol. The van der Waals surface area contributed by atoms with Crippen LogP contribution >= 0.6 is 11.8 Å². The van der Waals surface area contributed by atoms with Crippen molar-refractivity contribution in [2.24, 2.45) is 5.41 Å². The van der Waals surface area contributed by atoms with Crippen molar-refractivity contribution < 1.29 is 8.78 Å². The average Bonchev–Trinajstić information content (AvgIpc) is 3.02. The summed E-state index contributed by atoms with van der Waals surface area (Å²) >= 11 is 2.10. The first kappa shape index (κ1) is 17.7. The molecule has 3 aliphatic heterocycles. The zero-order chi connectivity index (χ0) is 17.3. The minimum absolute atomic E-state index is 0.418. The van der Waals surface area contributed by atoms with Crippen LogP contribution in [-0.2, 0) is 6.54 Å². The van der Waals surface area contributed by atoms with Gasteiger partial charge in [-0.25, -0.2) is 8.78 Å². The average molecular weight is 367 g/mol. The second kappa shape index (κ2) is 7.53. The van der Waals surface area contributed by atoms with Crippen LogP contribution in [0, 0.1) is 17.0 Å². The third kappa shape index (κ3) is 4.04. The van der Waals surface area contributed by atoms with Crippen molar-refractivity contribution in [2.45, 2.75) is 44.7 Å². The molecule has 1 aromatic carbocycles. The maximum atomic E-state index is 13.5. The fraction of sp³-hybridized carbons (Fsp3) is 0.700. The second-order valence-corrected chi connectivity index (χ2v) is 9.35. The van der Waals surface area contributed by atoms with E-state index in [2.05, 4.69) is 21.6 Å². The summed E-state index contributed by atoms with van der Waals surface area (Å²) in [6.45, 7) is 5.38. The fourth-order valence-electron chi connectivity index (χ4n) is 5.01. The van der Waals surface area contributed by atoms with Gasteiger partial charge in [0.2, 0.25) is 0 Å². The van der Waals surface area contributed by atoms with Crippen LogP contribution in [-0.4, -0.2) is 53.5 Å². The molecule has 3 aliphatic rings. The minimum Gasteiger partial charge on any atom is -0.300 e. The van der Waals surface area contributed by atoms with Crippen molar-refractivity contribution in [3.63, 3.8) is 0 Å². The lowest BCUT2D eigenvalue weighted by atomic mass is 9.79. The lowest BCUT2D eigenvalue weighted by molar-refractivity contribution is 0.0804. The molecule has 138 valence electrons. The summed E-state index contributed by atoms with van der Waals surface area (Å²) in [6, 6.07) is 5.13. The molecule has 2 nitrogen and oxygen atoms in total. The Labute approximate surface area is 153 Å². The van der Waals surface area contributed by atoms with E-state index in [1.807, 2.05) is 0 Å². The zero-order valence-electron chi connectivity index (χ0n) is 14.9. The highest BCUT2D eigenvalue weighted by molar-refractivity contribution is 7.99. The van der Waals surface area contributed by atoms with Crippen LogP contribution in [0.1, 0.15) is 37.7 Å². The topological polar surface area (TPSA) is 6.48 Å². The van der Waals surface area contributed by atoms with Gasteiger partial charge in [-0.05, 0) is 79.8 Å². The molecule has 0 radical (unpaired) electrons. The van der Waals surface area contributed by atoms with E-state index in [4.69, 9.17) is 0 Å². The van der Waals surface area contributed by atoms with Gasteiger partial charge in [-0.3, -0.25) is 9.80 Å². The monoisotopic (exact) mass is 366 g/mol. The van der Waals surface area contributed by atoms with Crippen molar-refractivity contribution in [2.75, 3.05) is 37.7 Å². The van der Waals surface area contributed by atoms with E-state index in [0.29, 0.717) is 5.41 Å². The quantitative estimate of drug-likeness (QED) is 0.794. The van der Waals surface area contributed by atoms with Crippen LogP contribution in [0.5, 0.6) is 0 Å². The van der Waals surface area contributed by atoms with Crippen molar-refractivity contribution >= 4 is 11.8 Å². The lowest BCUT2D eigenvalue weighted by Gasteiger charge is -2.41. The van der Waals surface area contributed by atoms with Crippen LogP contribution < -0.4 is 0 Å². The molecule has 1 aromatic rings. The molecule has 0 bridgehead atoms. The van der Waals surface area contributed by atoms with E-state index >= 15 is 0 Å². The number of hydrogen-bond acceptors (Lipinski definition) is 3. The molecule has 0 aliphatic carbocycles. The smallest absolute Gasteiger partial charge is 0.159 e. The van der Waals surface area contributed by atoms with Crippen LogP contribution in [0.3, 0.4) is 0 Å². The van der Waals surface area contributed by atoms with Gasteiger partial charge in [0.05, 0.1) is 0 Å². The van der Waals surface area contributed by atoms with Gasteiger partial charge in [-0.15, -0.1) is 0 Å². The number of nitrogens with zero attached hydrogens (tertiary/aromatic N) is 2. The Morgan fingerprint density at radius 2 is 1.88 bits per heavy atom. The molecular weight excluding hydrogens is 338 g/mol. The summed E-state index contributed by atoms with van der Waals surface area (Å²) in [5.41, 5.74) is 1.30. The Morgan fingerprint density at radius 1 is 1.04 bits per heavy atom. The van der Waals surface area contributed by atoms with Gasteiger partial charge in [0.1, 0.15) is 0 Å². The molecule has 0 N–H and O–H groups in total. The van der Waals surface area contributed by atoms with E-state index in [-0.39, 0.29) is 0 Å². The largest absolute Gasteiger partial charge is 0.300 e. The number of piperidine rings is 1. The number of rotatable bonds is 3. The van der Waals surface area contributed by atoms with Crippen LogP contribution in [0.2, 0.25) is 0 Å². The van der Waals surface area contributed by atoms with E-state index in [0.717, 1.165) is 31.2 Å². The highest BCUT2D eigenvalue weighted by Gasteiger charge is 2.43. The van der Waals surface area contributed by atoms with Gasteiger partial charge in [0, 0.05) is 25.7 Å². The maximum absolute atomic E-state index is 13.5. The Morgan fingerprint density at radius 3 is 2.68 bits per heavy atom. The van der Waals surface area contributed by atoms with E-state index in [9.17, 15) is 8.78 Å². The third-order valence-corrected chi connectivity index (χ3v) is 7.35. The number of benzene rings is 1. The Hall–Kier alpha value is -0.650. The molecular formula is C20H28F2N2S. The Bertz CT molecular complexity index is 605. The first-order valence-corrected chi connectivity index (χ1v) is 10.8. The molecule has 3 heterocycles. The lowest BCUT2D eigenvalue weighted by Crippen LogP contribution is -2.45. The number of thioether (sulfide) groups is 1. The van der Waals surface area contributed by atoms with E-state index in [1.165, 1.54) is 68.8 Å². The molecule has 1 spiro atoms. The van der Waals surface area contributed by atoms with Crippen LogP contribution in [0.4, 0.5) is 8.78 Å². The van der Waals surface area contributed by atoms with Gasteiger partial charge in [0.15, 0.2) is 11.6 Å². The maximum Gasteiger partial charge on any atom is 0.159 e. The fourth-order valence-corrected chi connectivity index (χ4v) is 6.09. The molecule has 0 saturated carbocycles. The highest BCUT2D eigenvalue weighted by Crippen LogP contribution is 2.41. The molecule has 25 heavy (non-hydrogen) atoms. The van der Waals surface area contributed by atoms with Gasteiger partial charge < -0.3 is 0 Å². The van der Waals surface area contributed by atoms with Crippen molar-refractivity contribution in [1.29, 1.82) is 0 Å². The van der Waals surface area contributed by atoms with Gasteiger partial charge in [-0.2, -0.15) is 11.8 Å². The number of halogens is 2. The highest BCUT2D eigenvalue weighted by atomic mass is 32.2. The van der Waals surface area contributed by atoms with Crippen LogP contribution in [0.25, 0.3) is 0 Å². The summed E-state index contributed by atoms with van der Waals surface area (Å²) < 4.78 is 26.6. The molecule has 5 heteroatoms. The van der Waals surface area contributed by atoms with Crippen LogP contribution in [0.15, 0.2) is 18.2 Å². The standard InChI is InChI=1S/C20H28F2N2S/c21-18-3-2-16(12-19(18)22)13-23-8-1-6-20(14-23)7-9-24(15-20)17-4-10-25-11-5-17/h2-3,12,17H,1,4-11,13-15H2. The van der Waals surface area contributed by atoms with Crippen molar-refractivity contribution in [3.8, 4) is 0 Å². The zero-order valence-corrected chi connectivity index (χ0v) is 15.7. The molecule has 0 amide bonds. The second-order valence-electron chi connectivity index (χ2n) is 8.13. The molecule has 1 atom stereocenters. The molecule has 3 fully saturated rings. The molecule has 1 unspecified atom stereocenters. The predicted octanol–water partition coefficient (Wildman–Crippen LogP) is 4.15. The minimum atomic E-state index is -0.754. The molecule has 3 saturated heterocycles. The first-order chi connectivity index (χ1) is 12.1. The summed E-state index contributed by atoms with van der Waals surface area (Å²) in [4.78, 5) is 5.21. The van der Waals surface area contributed by atoms with Gasteiger partial charge in [-0.1, -0.05) is 6.07 Å². The third-order valence-electron chi connectivity index (χ3n) is 6.31.